The number of fused-ring (bicyclic) bond motifs is 1. The van der Waals surface area contributed by atoms with Crippen LogP contribution in [0.2, 0.25) is 4.34 Å². The van der Waals surface area contributed by atoms with Gasteiger partial charge in [0.25, 0.3) is 0 Å². The molecule has 1 aliphatic heterocycles. The molecule has 1 atom stereocenters. The van der Waals surface area contributed by atoms with E-state index in [0.29, 0.717) is 32.1 Å². The van der Waals surface area contributed by atoms with Gasteiger partial charge in [0.1, 0.15) is 23.9 Å². The molecule has 0 spiro atoms. The number of aromatic amines is 1. The first kappa shape index (κ1) is 22.7. The quantitative estimate of drug-likeness (QED) is 0.403. The summed E-state index contributed by atoms with van der Waals surface area (Å²) in [6.45, 7) is 2.73. The number of aromatic nitrogens is 4. The summed E-state index contributed by atoms with van der Waals surface area (Å²) in [4.78, 5) is 26.7. The van der Waals surface area contributed by atoms with Crippen molar-refractivity contribution in [2.45, 2.75) is 19.1 Å². The SMILES string of the molecule is COC[C@H]1C(=O)N(Cc2ccc3c(N)ncnc3c2)CCN1Cc1cc(-c2ccc(Cl)s2)n[nH]1. The Bertz CT molecular complexity index is 1320. The summed E-state index contributed by atoms with van der Waals surface area (Å²) in [6, 6.07) is 11.3. The van der Waals surface area contributed by atoms with E-state index in [2.05, 4.69) is 25.1 Å². The van der Waals surface area contributed by atoms with Crippen LogP contribution in [-0.4, -0.2) is 68.7 Å². The molecule has 0 aliphatic carbocycles. The summed E-state index contributed by atoms with van der Waals surface area (Å²) in [6.07, 6.45) is 1.45. The van der Waals surface area contributed by atoms with Gasteiger partial charge in [-0.15, -0.1) is 11.3 Å². The topological polar surface area (TPSA) is 113 Å². The van der Waals surface area contributed by atoms with Gasteiger partial charge in [-0.3, -0.25) is 14.8 Å². The van der Waals surface area contributed by atoms with E-state index >= 15 is 0 Å². The van der Waals surface area contributed by atoms with Gasteiger partial charge in [0.15, 0.2) is 0 Å². The molecule has 0 radical (unpaired) electrons. The third kappa shape index (κ3) is 4.62. The maximum atomic E-state index is 13.4. The zero-order valence-electron chi connectivity index (χ0n) is 18.6. The smallest absolute Gasteiger partial charge is 0.242 e. The van der Waals surface area contributed by atoms with Crippen LogP contribution >= 0.6 is 22.9 Å². The maximum Gasteiger partial charge on any atom is 0.242 e. The van der Waals surface area contributed by atoms with E-state index in [1.165, 1.54) is 17.7 Å². The molecule has 0 saturated carbocycles. The predicted molar refractivity (Wildman–Crippen MR) is 132 cm³/mol. The molecule has 0 bridgehead atoms. The monoisotopic (exact) mass is 497 g/mol. The Labute approximate surface area is 205 Å². The zero-order valence-corrected chi connectivity index (χ0v) is 20.1. The lowest BCUT2D eigenvalue weighted by atomic mass is 10.1. The first-order chi connectivity index (χ1) is 16.5. The van der Waals surface area contributed by atoms with Crippen molar-refractivity contribution in [2.75, 3.05) is 32.5 Å². The van der Waals surface area contributed by atoms with E-state index in [0.717, 1.165) is 43.6 Å². The van der Waals surface area contributed by atoms with Gasteiger partial charge in [0, 0.05) is 44.4 Å². The van der Waals surface area contributed by atoms with Crippen molar-refractivity contribution >= 4 is 45.6 Å². The van der Waals surface area contributed by atoms with E-state index < -0.39 is 0 Å². The van der Waals surface area contributed by atoms with E-state index in [1.54, 1.807) is 7.11 Å². The molecule has 11 heteroatoms. The van der Waals surface area contributed by atoms with Crippen LogP contribution in [0.1, 0.15) is 11.3 Å². The Morgan fingerprint density at radius 3 is 2.88 bits per heavy atom. The number of thiophene rings is 1. The normalized spacial score (nSPS) is 17.1. The van der Waals surface area contributed by atoms with Gasteiger partial charge >= 0.3 is 0 Å². The molecule has 9 nitrogen and oxygen atoms in total. The van der Waals surface area contributed by atoms with Gasteiger partial charge in [0.2, 0.25) is 5.91 Å². The summed E-state index contributed by atoms with van der Waals surface area (Å²) in [7, 11) is 1.62. The highest BCUT2D eigenvalue weighted by Crippen LogP contribution is 2.30. The molecule has 34 heavy (non-hydrogen) atoms. The van der Waals surface area contributed by atoms with Crippen molar-refractivity contribution in [3.8, 4) is 10.6 Å². The van der Waals surface area contributed by atoms with Gasteiger partial charge < -0.3 is 15.4 Å². The fourth-order valence-corrected chi connectivity index (χ4v) is 5.25. The lowest BCUT2D eigenvalue weighted by Gasteiger charge is -2.40. The Morgan fingerprint density at radius 2 is 2.09 bits per heavy atom. The number of rotatable bonds is 7. The van der Waals surface area contributed by atoms with Crippen LogP contribution in [-0.2, 0) is 22.6 Å². The largest absolute Gasteiger partial charge is 0.383 e. The molecule has 3 aromatic heterocycles. The molecule has 1 aliphatic rings. The highest BCUT2D eigenvalue weighted by molar-refractivity contribution is 7.19. The Kier molecular flexibility index (Phi) is 6.46. The highest BCUT2D eigenvalue weighted by atomic mass is 35.5. The van der Waals surface area contributed by atoms with E-state index in [-0.39, 0.29) is 11.9 Å². The van der Waals surface area contributed by atoms with Crippen molar-refractivity contribution in [1.82, 2.24) is 30.0 Å². The van der Waals surface area contributed by atoms with Crippen molar-refractivity contribution < 1.29 is 9.53 Å². The minimum atomic E-state index is -0.375. The molecule has 1 saturated heterocycles. The van der Waals surface area contributed by atoms with Crippen LogP contribution < -0.4 is 5.73 Å². The van der Waals surface area contributed by atoms with Crippen LogP contribution in [0.15, 0.2) is 42.7 Å². The van der Waals surface area contributed by atoms with Crippen LogP contribution in [0.25, 0.3) is 21.5 Å². The number of amides is 1. The second-order valence-corrected chi connectivity index (χ2v) is 9.91. The van der Waals surface area contributed by atoms with Crippen LogP contribution in [0, 0.1) is 0 Å². The van der Waals surface area contributed by atoms with Crippen LogP contribution in [0.4, 0.5) is 5.82 Å². The minimum absolute atomic E-state index is 0.0418. The number of halogens is 1. The number of nitrogens with one attached hydrogen (secondary N) is 1. The van der Waals surface area contributed by atoms with Crippen molar-refractivity contribution in [2.24, 2.45) is 0 Å². The number of nitrogens with zero attached hydrogens (tertiary/aromatic N) is 5. The summed E-state index contributed by atoms with van der Waals surface area (Å²) < 4.78 is 6.13. The number of carbonyl (C=O) groups excluding carboxylic acids is 1. The number of piperazine rings is 1. The first-order valence-corrected chi connectivity index (χ1v) is 12.0. The number of carbonyl (C=O) groups is 1. The fraction of sp³-hybridized carbons (Fsp3) is 0.304. The third-order valence-corrected chi connectivity index (χ3v) is 7.21. The van der Waals surface area contributed by atoms with Crippen LogP contribution in [0.3, 0.4) is 0 Å². The third-order valence-electron chi connectivity index (χ3n) is 5.95. The van der Waals surface area contributed by atoms with Gasteiger partial charge in [-0.2, -0.15) is 5.10 Å². The van der Waals surface area contributed by atoms with Crippen molar-refractivity contribution in [3.05, 3.63) is 58.3 Å². The molecular weight excluding hydrogens is 474 g/mol. The molecule has 1 aromatic carbocycles. The average Bonchev–Trinajstić information content (AvgIpc) is 3.47. The van der Waals surface area contributed by atoms with Crippen molar-refractivity contribution in [1.29, 1.82) is 0 Å². The molecule has 176 valence electrons. The van der Waals surface area contributed by atoms with Gasteiger partial charge in [0.05, 0.1) is 21.3 Å². The fourth-order valence-electron chi connectivity index (χ4n) is 4.24. The molecular formula is C23H24ClN7O2S. The summed E-state index contributed by atoms with van der Waals surface area (Å²) in [5.74, 6) is 0.491. The number of nitrogens with two attached hydrogens (primary N) is 1. The lowest BCUT2D eigenvalue weighted by molar-refractivity contribution is -0.145. The molecule has 3 N–H and O–H groups in total. The average molecular weight is 498 g/mol. The Hall–Kier alpha value is -3.05. The van der Waals surface area contributed by atoms with E-state index in [4.69, 9.17) is 22.1 Å². The lowest BCUT2D eigenvalue weighted by Crippen LogP contribution is -2.57. The molecule has 5 rings (SSSR count). The van der Waals surface area contributed by atoms with E-state index in [9.17, 15) is 4.79 Å². The van der Waals surface area contributed by atoms with Gasteiger partial charge in [-0.25, -0.2) is 9.97 Å². The van der Waals surface area contributed by atoms with Gasteiger partial charge in [-0.1, -0.05) is 17.7 Å². The maximum absolute atomic E-state index is 13.4. The molecule has 1 amide bonds. The van der Waals surface area contributed by atoms with Crippen LogP contribution in [0.5, 0.6) is 0 Å². The summed E-state index contributed by atoms with van der Waals surface area (Å²) in [5.41, 5.74) is 9.48. The minimum Gasteiger partial charge on any atom is -0.383 e. The number of anilines is 1. The number of nitrogen functional groups attached to an aromatic ring is 1. The first-order valence-electron chi connectivity index (χ1n) is 10.8. The second kappa shape index (κ2) is 9.67. The van der Waals surface area contributed by atoms with Crippen molar-refractivity contribution in [3.63, 3.8) is 0 Å². The summed E-state index contributed by atoms with van der Waals surface area (Å²) >= 11 is 7.54. The van der Waals surface area contributed by atoms with E-state index in [1.807, 2.05) is 41.3 Å². The standard InChI is InChI=1S/C23H24ClN7O2S/c1-33-12-19-23(32)31(10-14-2-3-16-17(8-14)26-13-27-22(16)25)7-6-30(19)11-15-9-18(29-28-15)20-4-5-21(24)34-20/h2-5,8-9,13,19H,6-7,10-12H2,1H3,(H,28,29)(H2,25,26,27)/t19-/m0/s1. The molecule has 4 aromatic rings. The Balaban J connectivity index is 1.29. The molecule has 0 unspecified atom stereocenters. The number of methoxy groups -OCH3 is 1. The molecule has 1 fully saturated rings. The number of H-pyrrole nitrogens is 1. The Morgan fingerprint density at radius 1 is 1.21 bits per heavy atom. The number of hydrogen-bond acceptors (Lipinski definition) is 8. The van der Waals surface area contributed by atoms with Gasteiger partial charge in [-0.05, 0) is 35.9 Å². The molecule has 4 heterocycles. The highest BCUT2D eigenvalue weighted by Gasteiger charge is 2.35. The number of ether oxygens (including phenoxy) is 1. The number of benzene rings is 1. The number of hydrogen-bond donors (Lipinski definition) is 2. The predicted octanol–water partition coefficient (Wildman–Crippen LogP) is 3.18. The summed E-state index contributed by atoms with van der Waals surface area (Å²) in [5, 5.41) is 8.31. The zero-order chi connectivity index (χ0) is 23.7. The second-order valence-electron chi connectivity index (χ2n) is 8.19.